The molecule has 0 saturated carbocycles. The van der Waals surface area contributed by atoms with E-state index in [0.29, 0.717) is 24.8 Å². The molecule has 4 rings (SSSR count). The van der Waals surface area contributed by atoms with Gasteiger partial charge in [0.05, 0.1) is 5.56 Å². The van der Waals surface area contributed by atoms with Crippen molar-refractivity contribution >= 4 is 17.2 Å². The molecule has 0 bridgehead atoms. The Bertz CT molecular complexity index is 779. The minimum absolute atomic E-state index is 0.130. The van der Waals surface area contributed by atoms with E-state index in [4.69, 9.17) is 4.52 Å². The van der Waals surface area contributed by atoms with Gasteiger partial charge in [-0.25, -0.2) is 0 Å². The maximum Gasteiger partial charge on any atom is 0.258 e. The SMILES string of the molecule is O=C(Cn1cccc1)N1CC[C@@H](c2noc(-c3ccsc3)n2)C1. The summed E-state index contributed by atoms with van der Waals surface area (Å²) in [6.45, 7) is 1.78. The van der Waals surface area contributed by atoms with Gasteiger partial charge >= 0.3 is 0 Å². The second-order valence-electron chi connectivity index (χ2n) is 5.65. The van der Waals surface area contributed by atoms with E-state index in [2.05, 4.69) is 10.1 Å². The van der Waals surface area contributed by atoms with E-state index in [1.54, 1.807) is 11.3 Å². The molecule has 23 heavy (non-hydrogen) atoms. The predicted octanol–water partition coefficient (Wildman–Crippen LogP) is 2.62. The summed E-state index contributed by atoms with van der Waals surface area (Å²) in [5.41, 5.74) is 0.951. The van der Waals surface area contributed by atoms with Gasteiger partial charge in [-0.2, -0.15) is 16.3 Å². The van der Waals surface area contributed by atoms with Gasteiger partial charge in [0.15, 0.2) is 5.82 Å². The Morgan fingerprint density at radius 1 is 1.39 bits per heavy atom. The van der Waals surface area contributed by atoms with Gasteiger partial charge in [-0.05, 0) is 30.0 Å². The predicted molar refractivity (Wildman–Crippen MR) is 86.0 cm³/mol. The van der Waals surface area contributed by atoms with Crippen LogP contribution in [0.4, 0.5) is 0 Å². The molecule has 1 fully saturated rings. The monoisotopic (exact) mass is 328 g/mol. The Morgan fingerprint density at radius 3 is 3.04 bits per heavy atom. The van der Waals surface area contributed by atoms with Crippen LogP contribution in [0.2, 0.25) is 0 Å². The lowest BCUT2D eigenvalue weighted by Gasteiger charge is -2.16. The molecule has 7 heteroatoms. The van der Waals surface area contributed by atoms with Gasteiger partial charge in [0.25, 0.3) is 5.89 Å². The van der Waals surface area contributed by atoms with E-state index in [9.17, 15) is 4.79 Å². The second-order valence-corrected chi connectivity index (χ2v) is 6.43. The molecule has 6 nitrogen and oxygen atoms in total. The number of rotatable bonds is 4. The molecule has 0 radical (unpaired) electrons. The van der Waals surface area contributed by atoms with Crippen LogP contribution in [0.25, 0.3) is 11.5 Å². The molecule has 1 atom stereocenters. The van der Waals surface area contributed by atoms with Crippen LogP contribution in [0.3, 0.4) is 0 Å². The molecule has 1 amide bonds. The summed E-state index contributed by atoms with van der Waals surface area (Å²) in [5.74, 6) is 1.53. The molecule has 0 aliphatic carbocycles. The van der Waals surface area contributed by atoms with E-state index < -0.39 is 0 Å². The third kappa shape index (κ3) is 2.92. The number of carbonyl (C=O) groups excluding carboxylic acids is 1. The third-order valence-corrected chi connectivity index (χ3v) is 4.78. The van der Waals surface area contributed by atoms with Crippen LogP contribution in [0.1, 0.15) is 18.2 Å². The van der Waals surface area contributed by atoms with E-state index in [1.165, 1.54) is 0 Å². The van der Waals surface area contributed by atoms with Crippen molar-refractivity contribution < 1.29 is 9.32 Å². The zero-order chi connectivity index (χ0) is 15.6. The molecule has 0 aromatic carbocycles. The van der Waals surface area contributed by atoms with E-state index >= 15 is 0 Å². The fraction of sp³-hybridized carbons (Fsp3) is 0.312. The first kappa shape index (κ1) is 14.2. The van der Waals surface area contributed by atoms with Crippen LogP contribution in [-0.4, -0.2) is 38.6 Å². The molecule has 0 spiro atoms. The molecule has 1 aliphatic rings. The first-order valence-electron chi connectivity index (χ1n) is 7.54. The van der Waals surface area contributed by atoms with E-state index in [-0.39, 0.29) is 11.8 Å². The zero-order valence-corrected chi connectivity index (χ0v) is 13.3. The summed E-state index contributed by atoms with van der Waals surface area (Å²) in [6, 6.07) is 5.81. The van der Waals surface area contributed by atoms with E-state index in [0.717, 1.165) is 18.5 Å². The molecule has 1 saturated heterocycles. The minimum Gasteiger partial charge on any atom is -0.345 e. The van der Waals surface area contributed by atoms with Crippen molar-refractivity contribution in [1.82, 2.24) is 19.6 Å². The van der Waals surface area contributed by atoms with Crippen LogP contribution in [0.5, 0.6) is 0 Å². The van der Waals surface area contributed by atoms with Crippen molar-refractivity contribution in [3.05, 3.63) is 47.2 Å². The number of amides is 1. The Morgan fingerprint density at radius 2 is 2.26 bits per heavy atom. The number of carbonyl (C=O) groups is 1. The summed E-state index contributed by atoms with van der Waals surface area (Å²) in [4.78, 5) is 18.7. The largest absolute Gasteiger partial charge is 0.345 e. The zero-order valence-electron chi connectivity index (χ0n) is 12.5. The van der Waals surface area contributed by atoms with Crippen molar-refractivity contribution in [1.29, 1.82) is 0 Å². The van der Waals surface area contributed by atoms with Gasteiger partial charge in [0.1, 0.15) is 6.54 Å². The first-order chi connectivity index (χ1) is 11.3. The number of thiophene rings is 1. The summed E-state index contributed by atoms with van der Waals surface area (Å²) in [5, 5.41) is 8.07. The number of hydrogen-bond donors (Lipinski definition) is 0. The fourth-order valence-electron chi connectivity index (χ4n) is 2.83. The van der Waals surface area contributed by atoms with Crippen LogP contribution in [0, 0.1) is 0 Å². The summed E-state index contributed by atoms with van der Waals surface area (Å²) < 4.78 is 7.23. The molecule has 4 heterocycles. The molecule has 1 aliphatic heterocycles. The van der Waals surface area contributed by atoms with Gasteiger partial charge in [-0.1, -0.05) is 5.16 Å². The smallest absolute Gasteiger partial charge is 0.258 e. The van der Waals surface area contributed by atoms with Gasteiger partial charge in [0, 0.05) is 36.8 Å². The lowest BCUT2D eigenvalue weighted by atomic mass is 10.1. The maximum atomic E-state index is 12.3. The average molecular weight is 328 g/mol. The Kier molecular flexibility index (Phi) is 3.70. The maximum absolute atomic E-state index is 12.3. The quantitative estimate of drug-likeness (QED) is 0.738. The standard InChI is InChI=1S/C16H16N4O2S/c21-14(10-19-5-1-2-6-19)20-7-3-12(9-20)15-17-16(22-18-15)13-4-8-23-11-13/h1-2,4-6,8,11-12H,3,7,9-10H2/t12-/m1/s1. The topological polar surface area (TPSA) is 64.2 Å². The van der Waals surface area contributed by atoms with Crippen LogP contribution < -0.4 is 0 Å². The van der Waals surface area contributed by atoms with Crippen LogP contribution in [-0.2, 0) is 11.3 Å². The number of likely N-dealkylation sites (tertiary alicyclic amines) is 1. The van der Waals surface area contributed by atoms with Gasteiger partial charge < -0.3 is 14.0 Å². The lowest BCUT2D eigenvalue weighted by Crippen LogP contribution is -2.31. The van der Waals surface area contributed by atoms with Gasteiger partial charge in [-0.3, -0.25) is 4.79 Å². The average Bonchev–Trinajstić information content (AvgIpc) is 3.30. The minimum atomic E-state index is 0.130. The highest BCUT2D eigenvalue weighted by Gasteiger charge is 2.30. The number of hydrogen-bond acceptors (Lipinski definition) is 5. The lowest BCUT2D eigenvalue weighted by molar-refractivity contribution is -0.130. The number of nitrogens with zero attached hydrogens (tertiary/aromatic N) is 4. The summed E-state index contributed by atoms with van der Waals surface area (Å²) in [7, 11) is 0. The first-order valence-corrected chi connectivity index (χ1v) is 8.48. The fourth-order valence-corrected chi connectivity index (χ4v) is 3.46. The van der Waals surface area contributed by atoms with E-state index in [1.807, 2.05) is 50.8 Å². The van der Waals surface area contributed by atoms with Crippen molar-refractivity contribution in [2.24, 2.45) is 0 Å². The second kappa shape index (κ2) is 6.00. The van der Waals surface area contributed by atoms with Crippen LogP contribution >= 0.6 is 11.3 Å². The summed E-state index contributed by atoms with van der Waals surface area (Å²) >= 11 is 1.60. The molecular weight excluding hydrogens is 312 g/mol. The van der Waals surface area contributed by atoms with Crippen LogP contribution in [0.15, 0.2) is 45.9 Å². The molecule has 3 aromatic rings. The molecule has 0 N–H and O–H groups in total. The molecule has 0 unspecified atom stereocenters. The van der Waals surface area contributed by atoms with Crippen molar-refractivity contribution in [2.45, 2.75) is 18.9 Å². The summed E-state index contributed by atoms with van der Waals surface area (Å²) in [6.07, 6.45) is 4.68. The van der Waals surface area contributed by atoms with Crippen molar-refractivity contribution in [2.75, 3.05) is 13.1 Å². The van der Waals surface area contributed by atoms with Gasteiger partial charge in [-0.15, -0.1) is 0 Å². The highest BCUT2D eigenvalue weighted by atomic mass is 32.1. The highest BCUT2D eigenvalue weighted by Crippen LogP contribution is 2.28. The third-order valence-electron chi connectivity index (χ3n) is 4.10. The Balaban J connectivity index is 1.41. The van der Waals surface area contributed by atoms with Crippen molar-refractivity contribution in [3.8, 4) is 11.5 Å². The Labute approximate surface area is 137 Å². The molecule has 118 valence electrons. The normalized spacial score (nSPS) is 17.7. The van der Waals surface area contributed by atoms with Gasteiger partial charge in [0.2, 0.25) is 5.91 Å². The van der Waals surface area contributed by atoms with Crippen molar-refractivity contribution in [3.63, 3.8) is 0 Å². The Hall–Kier alpha value is -2.41. The number of aromatic nitrogens is 3. The highest BCUT2D eigenvalue weighted by molar-refractivity contribution is 7.08. The molecule has 3 aromatic heterocycles. The molecular formula is C16H16N4O2S.